The van der Waals surface area contributed by atoms with Crippen LogP contribution >= 0.6 is 0 Å². The fraction of sp³-hybridized carbons (Fsp3) is 0.833. The second-order valence-electron chi connectivity index (χ2n) is 4.64. The number of hydrogen-bond donors (Lipinski definition) is 3. The van der Waals surface area contributed by atoms with Crippen LogP contribution in [0.5, 0.6) is 0 Å². The highest BCUT2D eigenvalue weighted by Crippen LogP contribution is 2.00. The SMILES string of the molecule is C[C@H](N)CCOC(=O)CC(O)C(=O)OCC[C@H](C)N. The first-order valence-electron chi connectivity index (χ1n) is 6.34. The van der Waals surface area contributed by atoms with E-state index < -0.39 is 24.5 Å². The smallest absolute Gasteiger partial charge is 0.335 e. The maximum atomic E-state index is 11.3. The Labute approximate surface area is 113 Å². The van der Waals surface area contributed by atoms with Gasteiger partial charge in [-0.2, -0.15) is 0 Å². The van der Waals surface area contributed by atoms with Crippen LogP contribution in [0.1, 0.15) is 33.1 Å². The molecule has 112 valence electrons. The minimum Gasteiger partial charge on any atom is -0.466 e. The molecule has 0 aliphatic carbocycles. The summed E-state index contributed by atoms with van der Waals surface area (Å²) in [5, 5.41) is 9.43. The van der Waals surface area contributed by atoms with E-state index in [2.05, 4.69) is 0 Å². The Kier molecular flexibility index (Phi) is 9.11. The van der Waals surface area contributed by atoms with Crippen molar-refractivity contribution in [2.45, 2.75) is 51.3 Å². The van der Waals surface area contributed by atoms with Crippen LogP contribution < -0.4 is 11.5 Å². The van der Waals surface area contributed by atoms with E-state index in [-0.39, 0.29) is 25.3 Å². The van der Waals surface area contributed by atoms with Gasteiger partial charge in [-0.25, -0.2) is 4.79 Å². The van der Waals surface area contributed by atoms with Crippen LogP contribution in [0.2, 0.25) is 0 Å². The van der Waals surface area contributed by atoms with Gasteiger partial charge in [0.05, 0.1) is 19.6 Å². The molecule has 0 aromatic heterocycles. The van der Waals surface area contributed by atoms with E-state index in [1.165, 1.54) is 0 Å². The minimum absolute atomic E-state index is 0.0686. The summed E-state index contributed by atoms with van der Waals surface area (Å²) in [4.78, 5) is 22.6. The first-order chi connectivity index (χ1) is 8.82. The second-order valence-corrected chi connectivity index (χ2v) is 4.64. The van der Waals surface area contributed by atoms with Crippen molar-refractivity contribution in [2.24, 2.45) is 11.5 Å². The maximum Gasteiger partial charge on any atom is 0.335 e. The molecule has 7 nitrogen and oxygen atoms in total. The molecule has 0 aliphatic rings. The van der Waals surface area contributed by atoms with Gasteiger partial charge in [0.15, 0.2) is 6.10 Å². The van der Waals surface area contributed by atoms with Crippen molar-refractivity contribution < 1.29 is 24.2 Å². The van der Waals surface area contributed by atoms with Crippen LogP contribution in [0, 0.1) is 0 Å². The third-order valence-electron chi connectivity index (χ3n) is 2.29. The van der Waals surface area contributed by atoms with Crippen molar-refractivity contribution in [3.05, 3.63) is 0 Å². The highest BCUT2D eigenvalue weighted by atomic mass is 16.6. The molecule has 5 N–H and O–H groups in total. The molecule has 0 aromatic rings. The predicted molar refractivity (Wildman–Crippen MR) is 69.1 cm³/mol. The average Bonchev–Trinajstić information content (AvgIpc) is 2.27. The van der Waals surface area contributed by atoms with Crippen molar-refractivity contribution in [3.8, 4) is 0 Å². The van der Waals surface area contributed by atoms with E-state index in [1.54, 1.807) is 13.8 Å². The molecular formula is C12H24N2O5. The van der Waals surface area contributed by atoms with Crippen molar-refractivity contribution in [2.75, 3.05) is 13.2 Å². The summed E-state index contributed by atoms with van der Waals surface area (Å²) >= 11 is 0. The monoisotopic (exact) mass is 276 g/mol. The quantitative estimate of drug-likeness (QED) is 0.475. The van der Waals surface area contributed by atoms with E-state index in [9.17, 15) is 14.7 Å². The van der Waals surface area contributed by atoms with E-state index in [4.69, 9.17) is 20.9 Å². The Balaban J connectivity index is 3.78. The van der Waals surface area contributed by atoms with Crippen LogP contribution in [-0.2, 0) is 19.1 Å². The standard InChI is InChI=1S/C12H24N2O5/c1-8(13)3-5-18-11(16)7-10(15)12(17)19-6-4-9(2)14/h8-10,15H,3-7,13-14H2,1-2H3/t8-,9-,10?/m0/s1. The number of rotatable bonds is 9. The molecule has 0 bridgehead atoms. The lowest BCUT2D eigenvalue weighted by Gasteiger charge is -2.12. The third kappa shape index (κ3) is 10.4. The zero-order valence-corrected chi connectivity index (χ0v) is 11.5. The number of aliphatic hydroxyl groups excluding tert-OH is 1. The molecule has 0 saturated carbocycles. The zero-order valence-electron chi connectivity index (χ0n) is 11.5. The van der Waals surface area contributed by atoms with Crippen molar-refractivity contribution in [1.82, 2.24) is 0 Å². The number of nitrogens with two attached hydrogens (primary N) is 2. The first-order valence-corrected chi connectivity index (χ1v) is 6.34. The fourth-order valence-corrected chi connectivity index (χ4v) is 1.10. The highest BCUT2D eigenvalue weighted by molar-refractivity contribution is 5.81. The Hall–Kier alpha value is -1.18. The van der Waals surface area contributed by atoms with Gasteiger partial charge in [-0.1, -0.05) is 0 Å². The Bertz CT molecular complexity index is 281. The summed E-state index contributed by atoms with van der Waals surface area (Å²) in [6.45, 7) is 3.86. The molecule has 0 spiro atoms. The maximum absolute atomic E-state index is 11.3. The van der Waals surface area contributed by atoms with Crippen LogP contribution in [0.25, 0.3) is 0 Å². The van der Waals surface area contributed by atoms with Gasteiger partial charge in [0.25, 0.3) is 0 Å². The third-order valence-corrected chi connectivity index (χ3v) is 2.29. The van der Waals surface area contributed by atoms with Crippen molar-refractivity contribution >= 4 is 11.9 Å². The predicted octanol–water partition coefficient (Wildman–Crippen LogP) is -0.702. The van der Waals surface area contributed by atoms with Gasteiger partial charge in [0, 0.05) is 12.1 Å². The lowest BCUT2D eigenvalue weighted by Crippen LogP contribution is -2.29. The van der Waals surface area contributed by atoms with Gasteiger partial charge in [-0.05, 0) is 26.7 Å². The van der Waals surface area contributed by atoms with Crippen LogP contribution in [0.15, 0.2) is 0 Å². The molecule has 0 rings (SSSR count). The average molecular weight is 276 g/mol. The molecular weight excluding hydrogens is 252 g/mol. The molecule has 0 fully saturated rings. The Morgan fingerprint density at radius 3 is 2.00 bits per heavy atom. The van der Waals surface area contributed by atoms with Gasteiger partial charge in [-0.15, -0.1) is 0 Å². The number of carbonyl (C=O) groups is 2. The van der Waals surface area contributed by atoms with Gasteiger partial charge in [0.2, 0.25) is 0 Å². The zero-order chi connectivity index (χ0) is 14.8. The topological polar surface area (TPSA) is 125 Å². The highest BCUT2D eigenvalue weighted by Gasteiger charge is 2.21. The lowest BCUT2D eigenvalue weighted by molar-refractivity contribution is -0.160. The number of esters is 2. The number of ether oxygens (including phenoxy) is 2. The van der Waals surface area contributed by atoms with Crippen LogP contribution in [0.3, 0.4) is 0 Å². The van der Waals surface area contributed by atoms with Gasteiger partial charge >= 0.3 is 11.9 Å². The molecule has 0 saturated heterocycles. The molecule has 7 heteroatoms. The molecule has 0 radical (unpaired) electrons. The molecule has 1 unspecified atom stereocenters. The van der Waals surface area contributed by atoms with Gasteiger partial charge in [-0.3, -0.25) is 4.79 Å². The van der Waals surface area contributed by atoms with Crippen molar-refractivity contribution in [3.63, 3.8) is 0 Å². The molecule has 0 amide bonds. The van der Waals surface area contributed by atoms with E-state index in [0.29, 0.717) is 12.8 Å². The Morgan fingerprint density at radius 1 is 1.05 bits per heavy atom. The minimum atomic E-state index is -1.50. The van der Waals surface area contributed by atoms with E-state index >= 15 is 0 Å². The summed E-state index contributed by atoms with van der Waals surface area (Å²) in [6, 6.07) is -0.158. The normalized spacial score (nSPS) is 15.4. The van der Waals surface area contributed by atoms with E-state index in [0.717, 1.165) is 0 Å². The second kappa shape index (κ2) is 9.71. The molecule has 0 aliphatic heterocycles. The van der Waals surface area contributed by atoms with Crippen LogP contribution in [-0.4, -0.2) is 48.4 Å². The largest absolute Gasteiger partial charge is 0.466 e. The summed E-state index contributed by atoms with van der Waals surface area (Å²) in [7, 11) is 0. The molecule has 19 heavy (non-hydrogen) atoms. The number of aliphatic hydroxyl groups is 1. The molecule has 3 atom stereocenters. The summed E-state index contributed by atoms with van der Waals surface area (Å²) < 4.78 is 9.57. The number of hydrogen-bond acceptors (Lipinski definition) is 7. The summed E-state index contributed by atoms with van der Waals surface area (Å²) in [5.74, 6) is -1.50. The molecule has 0 heterocycles. The van der Waals surface area contributed by atoms with Gasteiger partial charge < -0.3 is 26.0 Å². The first kappa shape index (κ1) is 17.8. The molecule has 0 aromatic carbocycles. The lowest BCUT2D eigenvalue weighted by atomic mass is 10.2. The van der Waals surface area contributed by atoms with E-state index in [1.807, 2.05) is 0 Å². The summed E-state index contributed by atoms with van der Waals surface area (Å²) in [6.07, 6.45) is -0.899. The number of carbonyl (C=O) groups excluding carboxylic acids is 2. The van der Waals surface area contributed by atoms with Gasteiger partial charge in [0.1, 0.15) is 0 Å². The Morgan fingerprint density at radius 2 is 1.53 bits per heavy atom. The fourth-order valence-electron chi connectivity index (χ4n) is 1.10. The van der Waals surface area contributed by atoms with Crippen LogP contribution in [0.4, 0.5) is 0 Å². The summed E-state index contributed by atoms with van der Waals surface area (Å²) in [5.41, 5.74) is 11.0. The van der Waals surface area contributed by atoms with Crippen molar-refractivity contribution in [1.29, 1.82) is 0 Å².